The van der Waals surface area contributed by atoms with E-state index < -0.39 is 6.09 Å². The molecule has 1 aromatic carbocycles. The van der Waals surface area contributed by atoms with E-state index in [1.165, 1.54) is 7.11 Å². The van der Waals surface area contributed by atoms with E-state index in [1.807, 2.05) is 36.9 Å². The normalized spacial score (nSPS) is 21.2. The fourth-order valence-electron chi connectivity index (χ4n) is 5.78. The number of aromatic nitrogens is 4. The standard InChI is InChI=1S/C28H35N7O5/c1-17(2)39-28(37)33-12-10-20(11-13-33)35-26-23(14-29-35)25(34-15-21-8-9-22(16-34)40-21)31-24(32-26)18-4-6-19(7-5-18)30-27(36)38-3/h4-7,14,17,20-22H,8-13,15-16H2,1-3H3,(H,30,36). The fraction of sp³-hybridized carbons (Fsp3) is 0.536. The van der Waals surface area contributed by atoms with Crippen LogP contribution in [0.5, 0.6) is 0 Å². The summed E-state index contributed by atoms with van der Waals surface area (Å²) >= 11 is 0. The molecule has 12 heteroatoms. The number of hydrogen-bond acceptors (Lipinski definition) is 9. The van der Waals surface area contributed by atoms with Gasteiger partial charge in [-0.1, -0.05) is 0 Å². The summed E-state index contributed by atoms with van der Waals surface area (Å²) in [7, 11) is 1.33. The Labute approximate surface area is 232 Å². The van der Waals surface area contributed by atoms with Gasteiger partial charge in [0.1, 0.15) is 5.82 Å². The van der Waals surface area contributed by atoms with Gasteiger partial charge in [-0.15, -0.1) is 0 Å². The Morgan fingerprint density at radius 1 is 1.02 bits per heavy atom. The summed E-state index contributed by atoms with van der Waals surface area (Å²) in [5, 5.41) is 8.38. The number of hydrogen-bond donors (Lipinski definition) is 1. The van der Waals surface area contributed by atoms with Crippen molar-refractivity contribution in [1.82, 2.24) is 24.6 Å². The van der Waals surface area contributed by atoms with Crippen molar-refractivity contribution in [2.45, 2.75) is 63.9 Å². The van der Waals surface area contributed by atoms with Crippen molar-refractivity contribution in [3.63, 3.8) is 0 Å². The molecule has 3 aliphatic rings. The van der Waals surface area contributed by atoms with Gasteiger partial charge in [0.15, 0.2) is 11.5 Å². The van der Waals surface area contributed by atoms with Gasteiger partial charge in [0.05, 0.1) is 43.0 Å². The minimum Gasteiger partial charge on any atom is -0.453 e. The van der Waals surface area contributed by atoms with Crippen LogP contribution in [0.15, 0.2) is 30.5 Å². The number of ether oxygens (including phenoxy) is 3. The molecule has 212 valence electrons. The predicted molar refractivity (Wildman–Crippen MR) is 148 cm³/mol. The number of benzene rings is 1. The summed E-state index contributed by atoms with van der Waals surface area (Å²) in [6.07, 6.45) is 5.00. The van der Waals surface area contributed by atoms with Crippen LogP contribution in [0.1, 0.15) is 45.6 Å². The van der Waals surface area contributed by atoms with Gasteiger partial charge < -0.3 is 24.0 Å². The lowest BCUT2D eigenvalue weighted by atomic mass is 10.1. The largest absolute Gasteiger partial charge is 0.453 e. The predicted octanol–water partition coefficient (Wildman–Crippen LogP) is 4.22. The smallest absolute Gasteiger partial charge is 0.411 e. The maximum absolute atomic E-state index is 12.4. The van der Waals surface area contributed by atoms with Gasteiger partial charge in [-0.2, -0.15) is 5.10 Å². The van der Waals surface area contributed by atoms with E-state index in [2.05, 4.69) is 10.2 Å². The summed E-state index contributed by atoms with van der Waals surface area (Å²) in [6, 6.07) is 7.48. The lowest BCUT2D eigenvalue weighted by Crippen LogP contribution is -2.43. The Morgan fingerprint density at radius 3 is 2.38 bits per heavy atom. The van der Waals surface area contributed by atoms with Gasteiger partial charge in [-0.05, 0) is 63.8 Å². The first-order valence-corrected chi connectivity index (χ1v) is 13.9. The monoisotopic (exact) mass is 549 g/mol. The average Bonchev–Trinajstić information content (AvgIpc) is 3.54. The van der Waals surface area contributed by atoms with Crippen LogP contribution in [0.4, 0.5) is 21.1 Å². The van der Waals surface area contributed by atoms with E-state index in [0.717, 1.165) is 61.2 Å². The molecule has 40 heavy (non-hydrogen) atoms. The first-order valence-electron chi connectivity index (χ1n) is 13.9. The molecule has 3 fully saturated rings. The summed E-state index contributed by atoms with van der Waals surface area (Å²) < 4.78 is 18.2. The van der Waals surface area contributed by atoms with Gasteiger partial charge in [0.25, 0.3) is 0 Å². The van der Waals surface area contributed by atoms with E-state index in [1.54, 1.807) is 17.0 Å². The number of rotatable bonds is 5. The minimum atomic E-state index is -0.526. The molecule has 2 atom stereocenters. The zero-order chi connectivity index (χ0) is 27.8. The topological polar surface area (TPSA) is 124 Å². The highest BCUT2D eigenvalue weighted by Crippen LogP contribution is 2.35. The maximum atomic E-state index is 12.4. The molecule has 2 unspecified atom stereocenters. The van der Waals surface area contributed by atoms with Crippen molar-refractivity contribution in [3.8, 4) is 11.4 Å². The van der Waals surface area contributed by atoms with Crippen LogP contribution < -0.4 is 10.2 Å². The number of piperidine rings is 1. The minimum absolute atomic E-state index is 0.101. The van der Waals surface area contributed by atoms with Gasteiger partial charge in [0.2, 0.25) is 0 Å². The molecule has 0 saturated carbocycles. The molecule has 0 spiro atoms. The quantitative estimate of drug-likeness (QED) is 0.498. The molecule has 1 N–H and O–H groups in total. The number of carbonyl (C=O) groups excluding carboxylic acids is 2. The zero-order valence-corrected chi connectivity index (χ0v) is 23.1. The van der Waals surface area contributed by atoms with Gasteiger partial charge in [0, 0.05) is 37.4 Å². The Balaban J connectivity index is 1.32. The lowest BCUT2D eigenvalue weighted by Gasteiger charge is -2.33. The number of methoxy groups -OCH3 is 1. The second-order valence-corrected chi connectivity index (χ2v) is 10.9. The molecule has 3 aromatic rings. The van der Waals surface area contributed by atoms with Gasteiger partial charge >= 0.3 is 12.2 Å². The number of anilines is 2. The van der Waals surface area contributed by atoms with Gasteiger partial charge in [-0.25, -0.2) is 24.2 Å². The second-order valence-electron chi connectivity index (χ2n) is 10.9. The molecule has 0 radical (unpaired) electrons. The summed E-state index contributed by atoms with van der Waals surface area (Å²) in [6.45, 7) is 6.49. The molecular weight excluding hydrogens is 514 g/mol. The number of carbonyl (C=O) groups is 2. The molecule has 0 aliphatic carbocycles. The van der Waals surface area contributed by atoms with Crippen LogP contribution in [0.3, 0.4) is 0 Å². The first-order chi connectivity index (χ1) is 19.4. The lowest BCUT2D eigenvalue weighted by molar-refractivity contribution is 0.0303. The first kappa shape index (κ1) is 26.3. The third kappa shape index (κ3) is 5.27. The number of fused-ring (bicyclic) bond motifs is 3. The number of nitrogens with zero attached hydrogens (tertiary/aromatic N) is 6. The van der Waals surface area contributed by atoms with Crippen LogP contribution in [0.25, 0.3) is 22.4 Å². The van der Waals surface area contributed by atoms with Crippen molar-refractivity contribution in [3.05, 3.63) is 30.5 Å². The molecule has 3 saturated heterocycles. The highest BCUT2D eigenvalue weighted by molar-refractivity contribution is 5.89. The Kier molecular flexibility index (Phi) is 7.18. The molecule has 2 bridgehead atoms. The number of morpholine rings is 1. The summed E-state index contributed by atoms with van der Waals surface area (Å²) in [4.78, 5) is 38.1. The van der Waals surface area contributed by atoms with E-state index in [4.69, 9.17) is 29.3 Å². The molecule has 2 aromatic heterocycles. The van der Waals surface area contributed by atoms with Crippen LogP contribution in [-0.2, 0) is 14.2 Å². The molecular formula is C28H35N7O5. The van der Waals surface area contributed by atoms with Crippen molar-refractivity contribution in [2.24, 2.45) is 0 Å². The average molecular weight is 550 g/mol. The SMILES string of the molecule is COC(=O)Nc1ccc(-c2nc(N3CC4CCC(C3)O4)c3cnn(C4CCN(C(=O)OC(C)C)CC4)c3n2)cc1. The van der Waals surface area contributed by atoms with E-state index in [0.29, 0.717) is 24.6 Å². The van der Waals surface area contributed by atoms with Crippen LogP contribution in [-0.4, -0.2) is 88.4 Å². The Bertz CT molecular complexity index is 1370. The molecule has 5 heterocycles. The third-order valence-corrected chi connectivity index (χ3v) is 7.76. The Hall–Kier alpha value is -3.93. The van der Waals surface area contributed by atoms with Crippen molar-refractivity contribution < 1.29 is 23.8 Å². The molecule has 12 nitrogen and oxygen atoms in total. The highest BCUT2D eigenvalue weighted by atomic mass is 16.6. The molecule has 3 aliphatic heterocycles. The van der Waals surface area contributed by atoms with E-state index in [-0.39, 0.29) is 30.4 Å². The fourth-order valence-corrected chi connectivity index (χ4v) is 5.78. The van der Waals surface area contributed by atoms with E-state index in [9.17, 15) is 9.59 Å². The maximum Gasteiger partial charge on any atom is 0.411 e. The number of amides is 2. The van der Waals surface area contributed by atoms with E-state index >= 15 is 0 Å². The number of likely N-dealkylation sites (tertiary alicyclic amines) is 1. The highest BCUT2D eigenvalue weighted by Gasteiger charge is 2.36. The summed E-state index contributed by atoms with van der Waals surface area (Å²) in [5.74, 6) is 1.45. The zero-order valence-electron chi connectivity index (χ0n) is 23.1. The third-order valence-electron chi connectivity index (χ3n) is 7.76. The van der Waals surface area contributed by atoms with Crippen molar-refractivity contribution in [2.75, 3.05) is 43.5 Å². The molecule has 6 rings (SSSR count). The van der Waals surface area contributed by atoms with Crippen molar-refractivity contribution >= 4 is 34.7 Å². The van der Waals surface area contributed by atoms with Crippen molar-refractivity contribution in [1.29, 1.82) is 0 Å². The molecule has 2 amide bonds. The Morgan fingerprint density at radius 2 is 1.73 bits per heavy atom. The van der Waals surface area contributed by atoms with Gasteiger partial charge in [-0.3, -0.25) is 5.32 Å². The van der Waals surface area contributed by atoms with Crippen LogP contribution in [0, 0.1) is 0 Å². The van der Waals surface area contributed by atoms with Crippen LogP contribution >= 0.6 is 0 Å². The number of nitrogens with one attached hydrogen (secondary N) is 1. The van der Waals surface area contributed by atoms with Crippen LogP contribution in [0.2, 0.25) is 0 Å². The second kappa shape index (κ2) is 10.9. The summed E-state index contributed by atoms with van der Waals surface area (Å²) in [5.41, 5.74) is 2.22.